The normalized spacial score (nSPS) is 10.6. The number of hydrogen-bond donors (Lipinski definition) is 1. The Hall–Kier alpha value is -4.29. The first-order chi connectivity index (χ1) is 14.9. The number of anilines is 1. The Morgan fingerprint density at radius 2 is 2.03 bits per heavy atom. The van der Waals surface area contributed by atoms with Crippen molar-refractivity contribution in [1.29, 1.82) is 5.26 Å². The highest BCUT2D eigenvalue weighted by Gasteiger charge is 2.20. The number of fused-ring (bicyclic) bond motifs is 1. The van der Waals surface area contributed by atoms with Crippen molar-refractivity contribution in [2.45, 2.75) is 6.92 Å². The highest BCUT2D eigenvalue weighted by atomic mass is 35.5. The molecule has 0 saturated heterocycles. The van der Waals surface area contributed by atoms with Gasteiger partial charge in [0.1, 0.15) is 16.7 Å². The monoisotopic (exact) mass is 432 g/mol. The summed E-state index contributed by atoms with van der Waals surface area (Å²) in [6.45, 7) is 1.92. The Balaban J connectivity index is 1.77. The molecule has 152 valence electrons. The number of aryl methyl sites for hydroxylation is 1. The minimum Gasteiger partial charge on any atom is -0.305 e. The molecule has 0 unspecified atom stereocenters. The van der Waals surface area contributed by atoms with Crippen LogP contribution in [0.25, 0.3) is 16.7 Å². The maximum atomic E-state index is 12.8. The van der Waals surface area contributed by atoms with E-state index in [1.54, 1.807) is 6.07 Å². The van der Waals surface area contributed by atoms with Gasteiger partial charge in [-0.1, -0.05) is 29.8 Å². The number of amides is 1. The molecule has 1 amide bonds. The van der Waals surface area contributed by atoms with Crippen LogP contribution >= 0.6 is 11.6 Å². The Morgan fingerprint density at radius 3 is 2.77 bits per heavy atom. The molecule has 0 aliphatic carbocycles. The lowest BCUT2D eigenvalue weighted by atomic mass is 10.1. The molecule has 2 aromatic heterocycles. The predicted molar refractivity (Wildman–Crippen MR) is 114 cm³/mol. The molecular formula is C21H13ClN6O3. The summed E-state index contributed by atoms with van der Waals surface area (Å²) in [4.78, 5) is 27.8. The maximum Gasteiger partial charge on any atom is 0.288 e. The zero-order chi connectivity index (χ0) is 22.1. The number of carbonyl (C=O) groups excluding carboxylic acids is 1. The van der Waals surface area contributed by atoms with Crippen LogP contribution in [-0.2, 0) is 0 Å². The van der Waals surface area contributed by atoms with Crippen LogP contribution < -0.4 is 5.32 Å². The van der Waals surface area contributed by atoms with Crippen molar-refractivity contribution in [2.75, 3.05) is 5.32 Å². The van der Waals surface area contributed by atoms with Crippen LogP contribution in [0.2, 0.25) is 5.02 Å². The van der Waals surface area contributed by atoms with E-state index in [4.69, 9.17) is 11.6 Å². The van der Waals surface area contributed by atoms with E-state index in [0.29, 0.717) is 5.82 Å². The summed E-state index contributed by atoms with van der Waals surface area (Å²) < 4.78 is 1.35. The molecule has 4 rings (SSSR count). The first-order valence-corrected chi connectivity index (χ1v) is 9.37. The van der Waals surface area contributed by atoms with Gasteiger partial charge in [-0.2, -0.15) is 15.0 Å². The van der Waals surface area contributed by atoms with Gasteiger partial charge in [-0.05, 0) is 36.8 Å². The molecule has 4 aromatic rings. The fourth-order valence-corrected chi connectivity index (χ4v) is 3.32. The number of carbonyl (C=O) groups is 1. The van der Waals surface area contributed by atoms with Crippen molar-refractivity contribution in [2.24, 2.45) is 0 Å². The molecule has 31 heavy (non-hydrogen) atoms. The fraction of sp³-hybridized carbons (Fsp3) is 0.0476. The third kappa shape index (κ3) is 3.68. The first kappa shape index (κ1) is 20.0. The summed E-state index contributed by atoms with van der Waals surface area (Å²) in [6, 6.07) is 15.0. The molecule has 9 nitrogen and oxygen atoms in total. The zero-order valence-corrected chi connectivity index (χ0v) is 16.8. The minimum atomic E-state index is -0.675. The van der Waals surface area contributed by atoms with Crippen LogP contribution in [0.5, 0.6) is 0 Å². The summed E-state index contributed by atoms with van der Waals surface area (Å²) in [5, 5.41) is 28.3. The van der Waals surface area contributed by atoms with Crippen molar-refractivity contribution in [3.63, 3.8) is 0 Å². The van der Waals surface area contributed by atoms with Crippen LogP contribution in [0.15, 0.2) is 54.7 Å². The van der Waals surface area contributed by atoms with E-state index in [0.717, 1.165) is 22.5 Å². The van der Waals surface area contributed by atoms with E-state index >= 15 is 0 Å². The Kier molecular flexibility index (Phi) is 5.07. The van der Waals surface area contributed by atoms with E-state index in [2.05, 4.69) is 15.4 Å². The molecule has 0 fully saturated rings. The van der Waals surface area contributed by atoms with Gasteiger partial charge in [0.05, 0.1) is 16.6 Å². The summed E-state index contributed by atoms with van der Waals surface area (Å²) in [7, 11) is 0. The first-order valence-electron chi connectivity index (χ1n) is 8.99. The van der Waals surface area contributed by atoms with Crippen LogP contribution in [-0.4, -0.2) is 25.6 Å². The van der Waals surface area contributed by atoms with Crippen LogP contribution in [0.1, 0.15) is 21.5 Å². The summed E-state index contributed by atoms with van der Waals surface area (Å²) in [5.74, 6) is -0.141. The third-order valence-electron chi connectivity index (χ3n) is 4.65. The number of nitriles is 1. The van der Waals surface area contributed by atoms with Crippen molar-refractivity contribution in [3.8, 4) is 11.9 Å². The van der Waals surface area contributed by atoms with Crippen molar-refractivity contribution in [3.05, 3.63) is 86.6 Å². The lowest BCUT2D eigenvalue weighted by molar-refractivity contribution is -0.384. The van der Waals surface area contributed by atoms with Gasteiger partial charge < -0.3 is 5.32 Å². The standard InChI is InChI=1S/C21H13ClN6O3/c1-12-8-19(25-17-5-3-2-4-15(12)17)27-20(14(10-23)11-24-27)26-21(29)13-6-7-16(22)18(9-13)28(30)31/h2-9,11H,1H3,(H,26,29). The van der Waals surface area contributed by atoms with Gasteiger partial charge in [0.15, 0.2) is 11.6 Å². The average molecular weight is 433 g/mol. The second-order valence-electron chi connectivity index (χ2n) is 6.62. The molecule has 0 spiro atoms. The van der Waals surface area contributed by atoms with E-state index in [9.17, 15) is 20.2 Å². The lowest BCUT2D eigenvalue weighted by Crippen LogP contribution is -2.16. The number of benzene rings is 2. The lowest BCUT2D eigenvalue weighted by Gasteiger charge is -2.11. The Morgan fingerprint density at radius 1 is 1.26 bits per heavy atom. The van der Waals surface area contributed by atoms with Gasteiger partial charge in [-0.3, -0.25) is 14.9 Å². The van der Waals surface area contributed by atoms with Crippen molar-refractivity contribution in [1.82, 2.24) is 14.8 Å². The second kappa shape index (κ2) is 7.85. The average Bonchev–Trinajstić information content (AvgIpc) is 3.16. The van der Waals surface area contributed by atoms with Gasteiger partial charge in [0.2, 0.25) is 0 Å². The third-order valence-corrected chi connectivity index (χ3v) is 4.97. The maximum absolute atomic E-state index is 12.8. The van der Waals surface area contributed by atoms with Crippen molar-refractivity contribution < 1.29 is 9.72 Å². The van der Waals surface area contributed by atoms with Gasteiger partial charge in [-0.15, -0.1) is 0 Å². The Bertz CT molecular complexity index is 1410. The van der Waals surface area contributed by atoms with Gasteiger partial charge in [0, 0.05) is 17.0 Å². The smallest absolute Gasteiger partial charge is 0.288 e. The molecule has 0 aliphatic heterocycles. The molecule has 0 atom stereocenters. The number of halogens is 1. The minimum absolute atomic E-state index is 0.00962. The number of rotatable bonds is 4. The number of hydrogen-bond acceptors (Lipinski definition) is 6. The SMILES string of the molecule is Cc1cc(-n2ncc(C#N)c2NC(=O)c2ccc(Cl)c([N+](=O)[O-])c2)nc2ccccc12. The Labute approximate surface area is 180 Å². The summed E-state index contributed by atoms with van der Waals surface area (Å²) in [6.07, 6.45) is 1.31. The molecule has 2 heterocycles. The van der Waals surface area contributed by atoms with E-state index in [1.807, 2.05) is 37.3 Å². The topological polar surface area (TPSA) is 127 Å². The highest BCUT2D eigenvalue weighted by molar-refractivity contribution is 6.32. The number of nitro benzene ring substituents is 1. The van der Waals surface area contributed by atoms with Crippen LogP contribution in [0, 0.1) is 28.4 Å². The summed E-state index contributed by atoms with van der Waals surface area (Å²) in [5.41, 5.74) is 1.41. The van der Waals surface area contributed by atoms with Gasteiger partial charge in [-0.25, -0.2) is 4.98 Å². The number of para-hydroxylation sites is 1. The second-order valence-corrected chi connectivity index (χ2v) is 7.03. The van der Waals surface area contributed by atoms with Crippen LogP contribution in [0.3, 0.4) is 0 Å². The number of nitrogens with zero attached hydrogens (tertiary/aromatic N) is 5. The number of nitrogens with one attached hydrogen (secondary N) is 1. The zero-order valence-electron chi connectivity index (χ0n) is 16.0. The molecule has 0 saturated carbocycles. The highest BCUT2D eigenvalue weighted by Crippen LogP contribution is 2.27. The van der Waals surface area contributed by atoms with Gasteiger partial charge in [0.25, 0.3) is 11.6 Å². The molecule has 2 aromatic carbocycles. The van der Waals surface area contributed by atoms with E-state index in [-0.39, 0.29) is 22.0 Å². The quantitative estimate of drug-likeness (QED) is 0.375. The largest absolute Gasteiger partial charge is 0.305 e. The number of pyridine rings is 1. The number of aromatic nitrogens is 3. The number of nitro groups is 1. The molecule has 10 heteroatoms. The van der Waals surface area contributed by atoms with Crippen molar-refractivity contribution >= 4 is 39.9 Å². The molecule has 1 N–H and O–H groups in total. The van der Waals surface area contributed by atoms with Crippen LogP contribution in [0.4, 0.5) is 11.5 Å². The molecule has 0 aliphatic rings. The van der Waals surface area contributed by atoms with E-state index < -0.39 is 16.5 Å². The van der Waals surface area contributed by atoms with E-state index in [1.165, 1.54) is 23.0 Å². The molecular weight excluding hydrogens is 420 g/mol. The summed E-state index contributed by atoms with van der Waals surface area (Å²) >= 11 is 5.82. The van der Waals surface area contributed by atoms with Gasteiger partial charge >= 0.3 is 0 Å². The molecule has 0 bridgehead atoms. The fourth-order valence-electron chi connectivity index (χ4n) is 3.14. The molecule has 0 radical (unpaired) electrons. The predicted octanol–water partition coefficient (Wildman–Crippen LogP) is 4.41.